The molecule has 1 aliphatic rings. The highest BCUT2D eigenvalue weighted by atomic mass is 16.1. The number of hydrogen-bond donors (Lipinski definition) is 3. The molecule has 0 bridgehead atoms. The zero-order valence-electron chi connectivity index (χ0n) is 14.4. The van der Waals surface area contributed by atoms with Crippen molar-refractivity contribution >= 4 is 16.8 Å². The fraction of sp³-hybridized carbons (Fsp3) is 0.368. The molecule has 1 atom stereocenters. The Balaban J connectivity index is 1.33. The van der Waals surface area contributed by atoms with Crippen molar-refractivity contribution in [3.63, 3.8) is 0 Å². The van der Waals surface area contributed by atoms with Crippen molar-refractivity contribution in [3.05, 3.63) is 53.7 Å². The summed E-state index contributed by atoms with van der Waals surface area (Å²) in [7, 11) is 0. The van der Waals surface area contributed by atoms with Crippen LogP contribution in [0, 0.1) is 12.8 Å². The van der Waals surface area contributed by atoms with Gasteiger partial charge < -0.3 is 15.3 Å². The summed E-state index contributed by atoms with van der Waals surface area (Å²) in [5, 5.41) is 4.22. The maximum Gasteiger partial charge on any atom is 0.268 e. The van der Waals surface area contributed by atoms with Crippen LogP contribution < -0.4 is 5.32 Å². The Hall–Kier alpha value is -2.60. The van der Waals surface area contributed by atoms with E-state index in [1.54, 1.807) is 6.33 Å². The number of aromatic nitrogens is 3. The summed E-state index contributed by atoms with van der Waals surface area (Å²) in [6.07, 6.45) is 4.69. The van der Waals surface area contributed by atoms with Crippen LogP contribution in [-0.4, -0.2) is 45.4 Å². The van der Waals surface area contributed by atoms with E-state index in [2.05, 4.69) is 25.2 Å². The van der Waals surface area contributed by atoms with Crippen LogP contribution in [0.15, 0.2) is 36.8 Å². The predicted molar refractivity (Wildman–Crippen MR) is 97.3 cm³/mol. The molecule has 3 aromatic rings. The SMILES string of the molecule is Cc1c(C(=O)NC[C@@H]2CCN(Cc3cnc[nH]3)C2)[nH]c2ccccc12. The summed E-state index contributed by atoms with van der Waals surface area (Å²) in [5.41, 5.74) is 3.84. The zero-order valence-corrected chi connectivity index (χ0v) is 14.4. The number of imidazole rings is 1. The summed E-state index contributed by atoms with van der Waals surface area (Å²) in [6.45, 7) is 5.67. The van der Waals surface area contributed by atoms with Crippen LogP contribution in [0.3, 0.4) is 0 Å². The van der Waals surface area contributed by atoms with Crippen molar-refractivity contribution in [2.24, 2.45) is 5.92 Å². The zero-order chi connectivity index (χ0) is 17.2. The molecular formula is C19H23N5O. The van der Waals surface area contributed by atoms with E-state index in [1.165, 1.54) is 0 Å². The number of aromatic amines is 2. The minimum absolute atomic E-state index is 0.0132. The molecule has 3 heterocycles. The number of likely N-dealkylation sites (tertiary alicyclic amines) is 1. The van der Waals surface area contributed by atoms with Gasteiger partial charge in [0, 0.05) is 42.4 Å². The Morgan fingerprint density at radius 3 is 3.08 bits per heavy atom. The number of carbonyl (C=O) groups is 1. The molecule has 1 aliphatic heterocycles. The van der Waals surface area contributed by atoms with Gasteiger partial charge in [0.05, 0.1) is 6.33 Å². The lowest BCUT2D eigenvalue weighted by Gasteiger charge is -2.15. The molecule has 2 aromatic heterocycles. The van der Waals surface area contributed by atoms with Crippen molar-refractivity contribution in [1.29, 1.82) is 0 Å². The Bertz CT molecular complexity index is 867. The number of nitrogens with zero attached hydrogens (tertiary/aromatic N) is 2. The first kappa shape index (κ1) is 15.9. The van der Waals surface area contributed by atoms with Gasteiger partial charge in [0.15, 0.2) is 0 Å². The Morgan fingerprint density at radius 2 is 2.28 bits per heavy atom. The maximum absolute atomic E-state index is 12.6. The third-order valence-corrected chi connectivity index (χ3v) is 5.06. The fourth-order valence-corrected chi connectivity index (χ4v) is 3.67. The Morgan fingerprint density at radius 1 is 1.40 bits per heavy atom. The number of H-pyrrole nitrogens is 2. The van der Waals surface area contributed by atoms with Crippen molar-refractivity contribution in [2.75, 3.05) is 19.6 Å². The monoisotopic (exact) mass is 337 g/mol. The van der Waals surface area contributed by atoms with E-state index in [1.807, 2.05) is 37.4 Å². The van der Waals surface area contributed by atoms with Gasteiger partial charge in [-0.1, -0.05) is 18.2 Å². The highest BCUT2D eigenvalue weighted by Crippen LogP contribution is 2.22. The number of aryl methyl sites for hydroxylation is 1. The summed E-state index contributed by atoms with van der Waals surface area (Å²) in [5.74, 6) is 0.484. The van der Waals surface area contributed by atoms with Crippen molar-refractivity contribution in [3.8, 4) is 0 Å². The van der Waals surface area contributed by atoms with Gasteiger partial charge in [-0.3, -0.25) is 9.69 Å². The molecule has 0 spiro atoms. The first-order valence-electron chi connectivity index (χ1n) is 8.76. The average molecular weight is 337 g/mol. The second-order valence-corrected chi connectivity index (χ2v) is 6.85. The van der Waals surface area contributed by atoms with Gasteiger partial charge in [-0.05, 0) is 37.4 Å². The van der Waals surface area contributed by atoms with E-state index < -0.39 is 0 Å². The lowest BCUT2D eigenvalue weighted by Crippen LogP contribution is -2.31. The summed E-state index contributed by atoms with van der Waals surface area (Å²) in [6, 6.07) is 8.02. The quantitative estimate of drug-likeness (QED) is 0.669. The molecule has 6 nitrogen and oxygen atoms in total. The average Bonchev–Trinajstić information content (AvgIpc) is 3.35. The second kappa shape index (κ2) is 6.72. The van der Waals surface area contributed by atoms with E-state index in [4.69, 9.17) is 0 Å². The van der Waals surface area contributed by atoms with Crippen molar-refractivity contribution < 1.29 is 4.79 Å². The van der Waals surface area contributed by atoms with Gasteiger partial charge in [0.25, 0.3) is 5.91 Å². The highest BCUT2D eigenvalue weighted by Gasteiger charge is 2.24. The van der Waals surface area contributed by atoms with Crippen LogP contribution in [-0.2, 0) is 6.54 Å². The molecular weight excluding hydrogens is 314 g/mol. The van der Waals surface area contributed by atoms with Gasteiger partial charge in [0.1, 0.15) is 5.69 Å². The molecule has 1 fully saturated rings. The van der Waals surface area contributed by atoms with E-state index in [0.29, 0.717) is 18.2 Å². The molecule has 0 saturated carbocycles. The molecule has 6 heteroatoms. The van der Waals surface area contributed by atoms with E-state index in [0.717, 1.165) is 48.2 Å². The molecule has 3 N–H and O–H groups in total. The summed E-state index contributed by atoms with van der Waals surface area (Å²) in [4.78, 5) is 25.4. The van der Waals surface area contributed by atoms with Crippen LogP contribution in [0.1, 0.15) is 28.2 Å². The first-order chi connectivity index (χ1) is 12.2. The molecule has 1 aromatic carbocycles. The number of rotatable bonds is 5. The Labute approximate surface area is 146 Å². The molecule has 1 amide bonds. The number of hydrogen-bond acceptors (Lipinski definition) is 3. The van der Waals surface area contributed by atoms with Crippen LogP contribution in [0.4, 0.5) is 0 Å². The highest BCUT2D eigenvalue weighted by molar-refractivity contribution is 6.00. The molecule has 0 unspecified atom stereocenters. The second-order valence-electron chi connectivity index (χ2n) is 6.85. The van der Waals surface area contributed by atoms with Gasteiger partial charge >= 0.3 is 0 Å². The normalized spacial score (nSPS) is 18.0. The lowest BCUT2D eigenvalue weighted by atomic mass is 10.1. The topological polar surface area (TPSA) is 76.8 Å². The van der Waals surface area contributed by atoms with Gasteiger partial charge in [0.2, 0.25) is 0 Å². The van der Waals surface area contributed by atoms with E-state index in [9.17, 15) is 4.79 Å². The van der Waals surface area contributed by atoms with Crippen molar-refractivity contribution in [2.45, 2.75) is 19.9 Å². The number of benzene rings is 1. The van der Waals surface area contributed by atoms with Crippen LogP contribution in [0.2, 0.25) is 0 Å². The molecule has 0 aliphatic carbocycles. The number of fused-ring (bicyclic) bond motifs is 1. The minimum Gasteiger partial charge on any atom is -0.350 e. The number of carbonyl (C=O) groups excluding carboxylic acids is 1. The van der Waals surface area contributed by atoms with Crippen LogP contribution >= 0.6 is 0 Å². The van der Waals surface area contributed by atoms with Gasteiger partial charge in [-0.25, -0.2) is 4.98 Å². The maximum atomic E-state index is 12.6. The summed E-state index contributed by atoms with van der Waals surface area (Å²) >= 11 is 0. The number of amides is 1. The molecule has 25 heavy (non-hydrogen) atoms. The number of para-hydroxylation sites is 1. The smallest absolute Gasteiger partial charge is 0.268 e. The molecule has 1 saturated heterocycles. The molecule has 4 rings (SSSR count). The minimum atomic E-state index is -0.0132. The predicted octanol–water partition coefficient (Wildman–Crippen LogP) is 2.45. The standard InChI is InChI=1S/C19H23N5O/c1-13-16-4-2-3-5-17(16)23-18(13)19(25)21-8-14-6-7-24(10-14)11-15-9-20-12-22-15/h2-5,9,12,14,23H,6-8,10-11H2,1H3,(H,20,22)(H,21,25)/t14-/m0/s1. The van der Waals surface area contributed by atoms with Crippen molar-refractivity contribution in [1.82, 2.24) is 25.2 Å². The largest absolute Gasteiger partial charge is 0.350 e. The van der Waals surface area contributed by atoms with E-state index in [-0.39, 0.29) is 5.91 Å². The van der Waals surface area contributed by atoms with E-state index >= 15 is 0 Å². The first-order valence-corrected chi connectivity index (χ1v) is 8.76. The van der Waals surface area contributed by atoms with Gasteiger partial charge in [-0.2, -0.15) is 0 Å². The Kier molecular flexibility index (Phi) is 4.28. The van der Waals surface area contributed by atoms with Crippen LogP contribution in [0.25, 0.3) is 10.9 Å². The molecule has 0 radical (unpaired) electrons. The third kappa shape index (κ3) is 3.30. The number of nitrogens with one attached hydrogen (secondary N) is 3. The lowest BCUT2D eigenvalue weighted by molar-refractivity contribution is 0.0942. The van der Waals surface area contributed by atoms with Gasteiger partial charge in [-0.15, -0.1) is 0 Å². The van der Waals surface area contributed by atoms with Crippen LogP contribution in [0.5, 0.6) is 0 Å². The third-order valence-electron chi connectivity index (χ3n) is 5.06. The summed E-state index contributed by atoms with van der Waals surface area (Å²) < 4.78 is 0. The fourth-order valence-electron chi connectivity index (χ4n) is 3.67. The molecule has 130 valence electrons.